The van der Waals surface area contributed by atoms with Crippen molar-refractivity contribution in [3.05, 3.63) is 67.3 Å². The van der Waals surface area contributed by atoms with Crippen LogP contribution in [0.2, 0.25) is 0 Å². The lowest BCUT2D eigenvalue weighted by Gasteiger charge is -2.42. The highest BCUT2D eigenvalue weighted by Crippen LogP contribution is 2.68. The third kappa shape index (κ3) is 2.36. The predicted molar refractivity (Wildman–Crippen MR) is 122 cm³/mol. The number of fused-ring (bicyclic) bond motifs is 9. The molecule has 0 unspecified atom stereocenters. The van der Waals surface area contributed by atoms with Gasteiger partial charge in [-0.2, -0.15) is 0 Å². The maximum atomic E-state index is 13.6. The number of imide groups is 1. The number of carbonyl (C=O) groups is 2. The van der Waals surface area contributed by atoms with Gasteiger partial charge in [-0.15, -0.1) is 23.1 Å². The lowest BCUT2D eigenvalue weighted by Crippen LogP contribution is -2.42. The number of carbonyl (C=O) groups excluding carboxylic acids is 2. The van der Waals surface area contributed by atoms with Gasteiger partial charge in [0.1, 0.15) is 0 Å². The summed E-state index contributed by atoms with van der Waals surface area (Å²) in [6, 6.07) is 13.5. The highest BCUT2D eigenvalue weighted by Gasteiger charge is 2.69. The van der Waals surface area contributed by atoms with E-state index in [2.05, 4.69) is 22.5 Å². The maximum Gasteiger partial charge on any atom is 0.305 e. The first-order valence-electron chi connectivity index (χ1n) is 10.5. The smallest absolute Gasteiger partial charge is 0.305 e. The molecule has 2 aromatic heterocycles. The molecule has 2 amide bonds. The van der Waals surface area contributed by atoms with Crippen molar-refractivity contribution in [3.8, 4) is 0 Å². The molecule has 31 heavy (non-hydrogen) atoms. The van der Waals surface area contributed by atoms with Crippen LogP contribution in [0, 0.1) is 29.6 Å². The number of nitrogens with one attached hydrogen (secondary N) is 1. The number of H-pyrrole nitrogens is 1. The molecule has 2 aliphatic heterocycles. The van der Waals surface area contributed by atoms with Gasteiger partial charge in [0.2, 0.25) is 11.8 Å². The number of aromatic amines is 1. The Bertz CT molecular complexity index is 1260. The molecule has 2 aliphatic carbocycles. The van der Waals surface area contributed by atoms with E-state index < -0.39 is 0 Å². The topological polar surface area (TPSA) is 70.2 Å². The Morgan fingerprint density at radius 1 is 0.935 bits per heavy atom. The lowest BCUT2D eigenvalue weighted by molar-refractivity contribution is -0.123. The van der Waals surface area contributed by atoms with Crippen LogP contribution in [0.3, 0.4) is 0 Å². The van der Waals surface area contributed by atoms with Crippen molar-refractivity contribution in [3.63, 3.8) is 0 Å². The zero-order chi connectivity index (χ0) is 20.9. The van der Waals surface area contributed by atoms with Gasteiger partial charge in [-0.25, -0.2) is 0 Å². The number of thiazole rings is 1. The van der Waals surface area contributed by atoms with Crippen LogP contribution >= 0.6 is 34.4 Å². The monoisotopic (exact) mass is 466 g/mol. The van der Waals surface area contributed by atoms with Crippen molar-refractivity contribution in [2.45, 2.75) is 22.6 Å². The molecule has 2 saturated carbocycles. The Balaban J connectivity index is 1.34. The van der Waals surface area contributed by atoms with Gasteiger partial charge in [0, 0.05) is 20.9 Å². The number of rotatable bonds is 2. The second-order valence-electron chi connectivity index (χ2n) is 8.82. The summed E-state index contributed by atoms with van der Waals surface area (Å²) in [7, 11) is 0. The quantitative estimate of drug-likeness (QED) is 0.576. The minimum atomic E-state index is -0.237. The first-order chi connectivity index (χ1) is 15.1. The fourth-order valence-corrected chi connectivity index (χ4v) is 10.5. The maximum absolute atomic E-state index is 13.6. The Hall–Kier alpha value is -2.16. The van der Waals surface area contributed by atoms with Gasteiger partial charge in [0.15, 0.2) is 0 Å². The van der Waals surface area contributed by atoms with Crippen molar-refractivity contribution < 1.29 is 9.59 Å². The first-order valence-corrected chi connectivity index (χ1v) is 13.1. The average molecular weight is 467 g/mol. The number of thiophene rings is 1. The predicted octanol–water partition coefficient (Wildman–Crippen LogP) is 4.18. The van der Waals surface area contributed by atoms with Crippen LogP contribution in [0.1, 0.15) is 22.1 Å². The van der Waals surface area contributed by atoms with E-state index >= 15 is 0 Å². The molecule has 156 valence electrons. The molecule has 1 saturated heterocycles. The van der Waals surface area contributed by atoms with Crippen molar-refractivity contribution in [2.24, 2.45) is 29.6 Å². The summed E-state index contributed by atoms with van der Waals surface area (Å²) in [5.41, 5.74) is 0.681. The van der Waals surface area contributed by atoms with Gasteiger partial charge in [-0.05, 0) is 47.8 Å². The minimum Gasteiger partial charge on any atom is -0.307 e. The summed E-state index contributed by atoms with van der Waals surface area (Å²) >= 11 is 4.77. The van der Waals surface area contributed by atoms with Gasteiger partial charge >= 0.3 is 4.87 Å². The Morgan fingerprint density at radius 2 is 1.71 bits per heavy atom. The summed E-state index contributed by atoms with van der Waals surface area (Å²) in [5.74, 6) is 0.224. The van der Waals surface area contributed by atoms with Crippen LogP contribution in [0.15, 0.2) is 57.7 Å². The number of nitrogens with zero attached hydrogens (tertiary/aromatic N) is 1. The van der Waals surface area contributed by atoms with Crippen LogP contribution in [0.25, 0.3) is 0 Å². The third-order valence-electron chi connectivity index (χ3n) is 7.59. The zero-order valence-corrected chi connectivity index (χ0v) is 18.7. The Morgan fingerprint density at radius 3 is 2.45 bits per heavy atom. The molecular formula is C23H18N2O3S3. The molecule has 3 fully saturated rings. The molecule has 3 aromatic rings. The summed E-state index contributed by atoms with van der Waals surface area (Å²) in [6.45, 7) is 0. The summed E-state index contributed by atoms with van der Waals surface area (Å²) in [6.07, 6.45) is 0.929. The Kier molecular flexibility index (Phi) is 3.82. The highest BCUT2D eigenvalue weighted by atomic mass is 32.2. The number of thioether (sulfide) groups is 1. The molecule has 4 heterocycles. The van der Waals surface area contributed by atoms with Crippen molar-refractivity contribution >= 4 is 51.9 Å². The van der Waals surface area contributed by atoms with Crippen molar-refractivity contribution in [1.29, 1.82) is 0 Å². The van der Waals surface area contributed by atoms with Crippen molar-refractivity contribution in [1.82, 2.24) is 4.98 Å². The van der Waals surface area contributed by atoms with E-state index in [0.29, 0.717) is 5.69 Å². The SMILES string of the molecule is O=C1[C@H]2[C@H]3C[C@@H]([C@@H]4Sc5[nH]c(=O)sc5[C@@H](c5cccs5)[C@@H]34)[C@@H]2C(=O)N1c1ccccc1. The van der Waals surface area contributed by atoms with Crippen LogP contribution in [-0.4, -0.2) is 22.0 Å². The van der Waals surface area contributed by atoms with Gasteiger partial charge in [-0.3, -0.25) is 19.3 Å². The van der Waals surface area contributed by atoms with Gasteiger partial charge in [0.05, 0.1) is 22.5 Å². The number of amides is 2. The second-order valence-corrected chi connectivity index (χ2v) is 12.0. The zero-order valence-electron chi connectivity index (χ0n) is 16.3. The van der Waals surface area contributed by atoms with Crippen LogP contribution in [0.4, 0.5) is 5.69 Å². The molecular weight excluding hydrogens is 448 g/mol. The van der Waals surface area contributed by atoms with Crippen molar-refractivity contribution in [2.75, 3.05) is 4.90 Å². The van der Waals surface area contributed by atoms with E-state index in [-0.39, 0.29) is 57.4 Å². The molecule has 7 rings (SSSR count). The third-order valence-corrected chi connectivity index (χ3v) is 11.1. The molecule has 5 nitrogen and oxygen atoms in total. The molecule has 1 aromatic carbocycles. The van der Waals surface area contributed by atoms with Crippen LogP contribution in [-0.2, 0) is 9.59 Å². The van der Waals surface area contributed by atoms with E-state index in [9.17, 15) is 14.4 Å². The van der Waals surface area contributed by atoms with Gasteiger partial charge in [0.25, 0.3) is 0 Å². The summed E-state index contributed by atoms with van der Waals surface area (Å²) in [5, 5.41) is 3.30. The fraction of sp³-hybridized carbons (Fsp3) is 0.348. The summed E-state index contributed by atoms with van der Waals surface area (Å²) < 4.78 is 0. The molecule has 4 aliphatic rings. The molecule has 8 heteroatoms. The number of para-hydroxylation sites is 1. The largest absolute Gasteiger partial charge is 0.307 e. The average Bonchev–Trinajstić information content (AvgIpc) is 3.56. The van der Waals surface area contributed by atoms with E-state index in [1.165, 1.54) is 21.1 Å². The molecule has 0 spiro atoms. The lowest BCUT2D eigenvalue weighted by atomic mass is 9.69. The highest BCUT2D eigenvalue weighted by molar-refractivity contribution is 8.00. The van der Waals surface area contributed by atoms with Crippen LogP contribution < -0.4 is 9.77 Å². The fourth-order valence-electron chi connectivity index (χ4n) is 6.64. The van der Waals surface area contributed by atoms with E-state index in [0.717, 1.165) is 16.3 Å². The number of anilines is 1. The first kappa shape index (κ1) is 18.4. The standard InChI is InChI=1S/C23H18N2O3S3/c26-21-15-11-9-12(16(15)22(27)25(21)10-5-2-1-3-6-10)18-14(11)17(13-7-4-8-29-13)19-20(30-18)24-23(28)31-19/h1-8,11-12,14-18H,9H2,(H,24,28)/t11-,12+,14+,15-,16-,17-,18-/m0/s1. The molecule has 1 N–H and O–H groups in total. The molecule has 0 radical (unpaired) electrons. The second kappa shape index (κ2) is 6.43. The number of benzene rings is 1. The van der Waals surface area contributed by atoms with E-state index in [1.807, 2.05) is 30.3 Å². The number of hydrogen-bond donors (Lipinski definition) is 1. The molecule has 2 bridgehead atoms. The van der Waals surface area contributed by atoms with E-state index in [4.69, 9.17) is 0 Å². The number of hydrogen-bond acceptors (Lipinski definition) is 6. The van der Waals surface area contributed by atoms with Gasteiger partial charge in [-0.1, -0.05) is 35.6 Å². The van der Waals surface area contributed by atoms with Crippen LogP contribution in [0.5, 0.6) is 0 Å². The minimum absolute atomic E-state index is 0.0195. The van der Waals surface area contributed by atoms with Gasteiger partial charge < -0.3 is 4.98 Å². The normalized spacial score (nSPS) is 35.4. The Labute approximate surface area is 190 Å². The summed E-state index contributed by atoms with van der Waals surface area (Å²) in [4.78, 5) is 46.1. The van der Waals surface area contributed by atoms with E-state index in [1.54, 1.807) is 23.1 Å². The molecule has 7 atom stereocenters. The number of aromatic nitrogens is 1.